The molecule has 2 N–H and O–H groups in total. The zero-order valence-electron chi connectivity index (χ0n) is 11.6. The minimum absolute atomic E-state index is 0.248. The van der Waals surface area contributed by atoms with Crippen LogP contribution in [0.5, 0.6) is 0 Å². The molecule has 104 valence electrons. The monoisotopic (exact) mass is 262 g/mol. The molecule has 19 heavy (non-hydrogen) atoms. The minimum atomic E-state index is -0.248. The van der Waals surface area contributed by atoms with Crippen LogP contribution in [-0.2, 0) is 6.54 Å². The van der Waals surface area contributed by atoms with Gasteiger partial charge in [0.15, 0.2) is 5.82 Å². The van der Waals surface area contributed by atoms with Crippen molar-refractivity contribution in [1.82, 2.24) is 4.90 Å². The van der Waals surface area contributed by atoms with Crippen LogP contribution < -0.4 is 5.73 Å². The van der Waals surface area contributed by atoms with E-state index in [1.807, 2.05) is 12.1 Å². The van der Waals surface area contributed by atoms with Gasteiger partial charge in [0, 0.05) is 18.7 Å². The molecule has 0 spiro atoms. The summed E-state index contributed by atoms with van der Waals surface area (Å²) in [5.41, 5.74) is 6.58. The highest BCUT2D eigenvalue weighted by molar-refractivity contribution is 5.42. The number of nitrogens with two attached hydrogens (primary N) is 1. The second kappa shape index (κ2) is 5.12. The van der Waals surface area contributed by atoms with Gasteiger partial charge < -0.3 is 10.6 Å². The van der Waals surface area contributed by atoms with Gasteiger partial charge in [0.05, 0.1) is 5.69 Å². The molecule has 3 heteroatoms. The van der Waals surface area contributed by atoms with Gasteiger partial charge in [-0.05, 0) is 50.1 Å². The number of hydrogen-bond donors (Lipinski definition) is 1. The smallest absolute Gasteiger partial charge is 0.150 e. The number of rotatable bonds is 4. The Hall–Kier alpha value is -1.09. The van der Waals surface area contributed by atoms with Crippen molar-refractivity contribution in [3.05, 3.63) is 29.6 Å². The Kier molecular flexibility index (Phi) is 3.48. The fourth-order valence-corrected chi connectivity index (χ4v) is 4.08. The van der Waals surface area contributed by atoms with E-state index >= 15 is 0 Å². The summed E-state index contributed by atoms with van der Waals surface area (Å²) in [6.07, 6.45) is 5.67. The average molecular weight is 262 g/mol. The number of nitrogen functional groups attached to an aromatic ring is 1. The van der Waals surface area contributed by atoms with Crippen LogP contribution in [0.3, 0.4) is 0 Å². The van der Waals surface area contributed by atoms with Crippen LogP contribution in [0.2, 0.25) is 0 Å². The van der Waals surface area contributed by atoms with Crippen molar-refractivity contribution in [2.24, 2.45) is 17.8 Å². The number of anilines is 1. The summed E-state index contributed by atoms with van der Waals surface area (Å²) in [6, 6.07) is 5.29. The lowest BCUT2D eigenvalue weighted by atomic mass is 9.88. The van der Waals surface area contributed by atoms with Gasteiger partial charge in [0.1, 0.15) is 0 Å². The highest BCUT2D eigenvalue weighted by Gasteiger charge is 2.39. The van der Waals surface area contributed by atoms with E-state index in [1.54, 1.807) is 6.07 Å². The molecular weight excluding hydrogens is 239 g/mol. The number of hydrogen-bond acceptors (Lipinski definition) is 2. The number of halogens is 1. The van der Waals surface area contributed by atoms with Crippen molar-refractivity contribution in [2.75, 3.05) is 19.3 Å². The van der Waals surface area contributed by atoms with Crippen molar-refractivity contribution in [2.45, 2.75) is 32.2 Å². The Labute approximate surface area is 114 Å². The second-order valence-corrected chi connectivity index (χ2v) is 6.45. The maximum atomic E-state index is 13.9. The second-order valence-electron chi connectivity index (χ2n) is 6.45. The van der Waals surface area contributed by atoms with E-state index in [0.717, 1.165) is 24.3 Å². The summed E-state index contributed by atoms with van der Waals surface area (Å²) in [5, 5.41) is 0. The van der Waals surface area contributed by atoms with E-state index in [4.69, 9.17) is 5.73 Å². The van der Waals surface area contributed by atoms with Crippen LogP contribution in [0.15, 0.2) is 18.2 Å². The molecule has 1 aromatic rings. The maximum Gasteiger partial charge on any atom is 0.150 e. The number of fused-ring (bicyclic) bond motifs is 2. The largest absolute Gasteiger partial charge is 0.396 e. The van der Waals surface area contributed by atoms with E-state index in [1.165, 1.54) is 25.7 Å². The van der Waals surface area contributed by atoms with Crippen LogP contribution in [0.4, 0.5) is 10.1 Å². The molecule has 0 saturated heterocycles. The standard InChI is InChI=1S/C16H23FN2/c1-19(9-13-3-2-4-15(18)16(13)17)10-14-8-11-5-6-12(14)7-11/h2-4,11-12,14H,5-10,18H2,1H3. The van der Waals surface area contributed by atoms with Crippen molar-refractivity contribution in [3.63, 3.8) is 0 Å². The molecule has 2 aliphatic carbocycles. The molecule has 3 rings (SSSR count). The summed E-state index contributed by atoms with van der Waals surface area (Å²) >= 11 is 0. The van der Waals surface area contributed by atoms with Crippen molar-refractivity contribution in [1.29, 1.82) is 0 Å². The Morgan fingerprint density at radius 1 is 1.32 bits per heavy atom. The summed E-state index contributed by atoms with van der Waals surface area (Å²) in [5.74, 6) is 2.49. The Bertz CT molecular complexity index is 460. The van der Waals surface area contributed by atoms with Gasteiger partial charge in [0.2, 0.25) is 0 Å². The molecule has 0 amide bonds. The average Bonchev–Trinajstić information content (AvgIpc) is 2.97. The predicted molar refractivity (Wildman–Crippen MR) is 76.1 cm³/mol. The van der Waals surface area contributed by atoms with E-state index < -0.39 is 0 Å². The fraction of sp³-hybridized carbons (Fsp3) is 0.625. The first-order valence-corrected chi connectivity index (χ1v) is 7.35. The molecule has 1 aromatic carbocycles. The molecule has 0 aromatic heterocycles. The summed E-state index contributed by atoms with van der Waals surface area (Å²) < 4.78 is 13.9. The number of benzene rings is 1. The molecule has 3 atom stereocenters. The van der Waals surface area contributed by atoms with E-state index in [0.29, 0.717) is 12.1 Å². The van der Waals surface area contributed by atoms with Gasteiger partial charge in [-0.25, -0.2) is 4.39 Å². The first-order chi connectivity index (χ1) is 9.13. The SMILES string of the molecule is CN(Cc1cccc(N)c1F)CC1CC2CCC1C2. The maximum absolute atomic E-state index is 13.9. The lowest BCUT2D eigenvalue weighted by Crippen LogP contribution is -2.28. The zero-order chi connectivity index (χ0) is 13.4. The van der Waals surface area contributed by atoms with Crippen LogP contribution in [0, 0.1) is 23.6 Å². The summed E-state index contributed by atoms with van der Waals surface area (Å²) in [7, 11) is 2.09. The van der Waals surface area contributed by atoms with Gasteiger partial charge in [-0.15, -0.1) is 0 Å². The molecule has 2 fully saturated rings. The first kappa shape index (κ1) is 12.9. The summed E-state index contributed by atoms with van der Waals surface area (Å²) in [4.78, 5) is 2.25. The fourth-order valence-electron chi connectivity index (χ4n) is 4.08. The third kappa shape index (κ3) is 2.62. The molecule has 2 saturated carbocycles. The lowest BCUT2D eigenvalue weighted by Gasteiger charge is -2.27. The van der Waals surface area contributed by atoms with Gasteiger partial charge in [0.25, 0.3) is 0 Å². The number of nitrogens with zero attached hydrogens (tertiary/aromatic N) is 1. The van der Waals surface area contributed by atoms with Gasteiger partial charge in [-0.2, -0.15) is 0 Å². The third-order valence-corrected chi connectivity index (χ3v) is 4.98. The van der Waals surface area contributed by atoms with Crippen LogP contribution >= 0.6 is 0 Å². The van der Waals surface area contributed by atoms with Crippen molar-refractivity contribution >= 4 is 5.69 Å². The molecular formula is C16H23FN2. The predicted octanol–water partition coefficient (Wildman–Crippen LogP) is 3.28. The van der Waals surface area contributed by atoms with Crippen LogP contribution in [0.1, 0.15) is 31.2 Å². The Morgan fingerprint density at radius 2 is 2.16 bits per heavy atom. The topological polar surface area (TPSA) is 29.3 Å². The van der Waals surface area contributed by atoms with Crippen molar-refractivity contribution < 1.29 is 4.39 Å². The van der Waals surface area contributed by atoms with Crippen LogP contribution in [0.25, 0.3) is 0 Å². The molecule has 0 heterocycles. The minimum Gasteiger partial charge on any atom is -0.396 e. The highest BCUT2D eigenvalue weighted by atomic mass is 19.1. The highest BCUT2D eigenvalue weighted by Crippen LogP contribution is 2.48. The zero-order valence-corrected chi connectivity index (χ0v) is 11.6. The molecule has 2 aliphatic rings. The van der Waals surface area contributed by atoms with Gasteiger partial charge >= 0.3 is 0 Å². The third-order valence-electron chi connectivity index (χ3n) is 4.98. The van der Waals surface area contributed by atoms with Gasteiger partial charge in [-0.3, -0.25) is 0 Å². The summed E-state index contributed by atoms with van der Waals surface area (Å²) in [6.45, 7) is 1.75. The molecule has 3 unspecified atom stereocenters. The normalized spacial score (nSPS) is 29.3. The van der Waals surface area contributed by atoms with E-state index in [-0.39, 0.29) is 11.5 Å². The lowest BCUT2D eigenvalue weighted by molar-refractivity contribution is 0.213. The molecule has 0 aliphatic heterocycles. The first-order valence-electron chi connectivity index (χ1n) is 7.35. The molecule has 2 nitrogen and oxygen atoms in total. The van der Waals surface area contributed by atoms with Gasteiger partial charge in [-0.1, -0.05) is 18.6 Å². The quantitative estimate of drug-likeness (QED) is 0.844. The Morgan fingerprint density at radius 3 is 2.84 bits per heavy atom. The van der Waals surface area contributed by atoms with E-state index in [9.17, 15) is 4.39 Å². The molecule has 2 bridgehead atoms. The van der Waals surface area contributed by atoms with E-state index in [2.05, 4.69) is 11.9 Å². The Balaban J connectivity index is 1.59. The molecule has 0 radical (unpaired) electrons. The van der Waals surface area contributed by atoms with Crippen molar-refractivity contribution in [3.8, 4) is 0 Å². The van der Waals surface area contributed by atoms with Crippen LogP contribution in [-0.4, -0.2) is 18.5 Å².